The number of halogens is 2. The molecule has 0 bridgehead atoms. The van der Waals surface area contributed by atoms with Gasteiger partial charge in [-0.15, -0.1) is 36.2 Å². The second kappa shape index (κ2) is 8.33. The predicted molar refractivity (Wildman–Crippen MR) is 80.9 cm³/mol. The summed E-state index contributed by atoms with van der Waals surface area (Å²) in [5.74, 6) is 0.857. The molecule has 17 heavy (non-hydrogen) atoms. The first-order valence-electron chi connectivity index (χ1n) is 5.70. The average Bonchev–Trinajstić information content (AvgIpc) is 2.78. The minimum atomic E-state index is 0. The van der Waals surface area contributed by atoms with Crippen molar-refractivity contribution < 1.29 is 0 Å². The van der Waals surface area contributed by atoms with E-state index in [0.717, 1.165) is 12.5 Å². The van der Waals surface area contributed by atoms with Gasteiger partial charge in [0.1, 0.15) is 0 Å². The SMILES string of the molecule is CNCC1CCN(Cc2ccc(C)s2)C1.Cl.Cl. The quantitative estimate of drug-likeness (QED) is 0.919. The highest BCUT2D eigenvalue weighted by Gasteiger charge is 2.21. The number of rotatable bonds is 4. The molecule has 1 aromatic heterocycles. The van der Waals surface area contributed by atoms with Gasteiger partial charge in [-0.1, -0.05) is 0 Å². The Kier molecular flexibility index (Phi) is 8.43. The third-order valence-electron chi connectivity index (χ3n) is 3.04. The van der Waals surface area contributed by atoms with E-state index in [4.69, 9.17) is 0 Å². The van der Waals surface area contributed by atoms with Crippen molar-refractivity contribution >= 4 is 36.2 Å². The summed E-state index contributed by atoms with van der Waals surface area (Å²) in [6.07, 6.45) is 1.35. The van der Waals surface area contributed by atoms with Crippen molar-refractivity contribution in [2.75, 3.05) is 26.7 Å². The van der Waals surface area contributed by atoms with Crippen LogP contribution < -0.4 is 5.32 Å². The molecule has 1 saturated heterocycles. The molecule has 1 atom stereocenters. The topological polar surface area (TPSA) is 15.3 Å². The molecule has 0 aromatic carbocycles. The Morgan fingerprint density at radius 3 is 2.76 bits per heavy atom. The molecule has 0 amide bonds. The predicted octanol–water partition coefficient (Wildman–Crippen LogP) is 2.94. The van der Waals surface area contributed by atoms with Gasteiger partial charge in [-0.2, -0.15) is 0 Å². The lowest BCUT2D eigenvalue weighted by Crippen LogP contribution is -2.24. The first-order valence-corrected chi connectivity index (χ1v) is 6.52. The number of likely N-dealkylation sites (tertiary alicyclic amines) is 1. The Balaban J connectivity index is 0.00000128. The van der Waals surface area contributed by atoms with E-state index in [1.54, 1.807) is 0 Å². The van der Waals surface area contributed by atoms with Gasteiger partial charge in [0, 0.05) is 22.8 Å². The van der Waals surface area contributed by atoms with Gasteiger partial charge in [0.25, 0.3) is 0 Å². The maximum atomic E-state index is 3.27. The molecule has 0 aliphatic carbocycles. The molecule has 2 heterocycles. The van der Waals surface area contributed by atoms with E-state index in [-0.39, 0.29) is 24.8 Å². The fourth-order valence-electron chi connectivity index (χ4n) is 2.30. The standard InChI is InChI=1S/C12H20N2S.2ClH/c1-10-3-4-12(15-10)9-14-6-5-11(8-14)7-13-2;;/h3-4,11,13H,5-9H2,1-2H3;2*1H. The van der Waals surface area contributed by atoms with Gasteiger partial charge in [0.15, 0.2) is 0 Å². The van der Waals surface area contributed by atoms with Crippen molar-refractivity contribution in [3.63, 3.8) is 0 Å². The van der Waals surface area contributed by atoms with Gasteiger partial charge in [-0.3, -0.25) is 4.90 Å². The molecule has 1 unspecified atom stereocenters. The van der Waals surface area contributed by atoms with Crippen LogP contribution in [0.3, 0.4) is 0 Å². The highest BCUT2D eigenvalue weighted by Crippen LogP contribution is 2.21. The lowest BCUT2D eigenvalue weighted by molar-refractivity contribution is 0.318. The van der Waals surface area contributed by atoms with E-state index in [2.05, 4.69) is 29.3 Å². The Labute approximate surface area is 121 Å². The van der Waals surface area contributed by atoms with E-state index in [0.29, 0.717) is 0 Å². The second-order valence-corrected chi connectivity index (χ2v) is 5.83. The number of aryl methyl sites for hydroxylation is 1. The Hall–Kier alpha value is 0.200. The normalized spacial score (nSPS) is 19.8. The van der Waals surface area contributed by atoms with Crippen LogP contribution >= 0.6 is 36.2 Å². The van der Waals surface area contributed by atoms with Gasteiger partial charge in [-0.25, -0.2) is 0 Å². The van der Waals surface area contributed by atoms with Crippen LogP contribution in [0.1, 0.15) is 16.2 Å². The molecule has 1 aromatic rings. The summed E-state index contributed by atoms with van der Waals surface area (Å²) in [6, 6.07) is 4.49. The van der Waals surface area contributed by atoms with E-state index in [1.807, 2.05) is 18.4 Å². The Morgan fingerprint density at radius 2 is 2.18 bits per heavy atom. The Bertz CT molecular complexity index is 317. The molecule has 1 fully saturated rings. The molecule has 0 spiro atoms. The average molecular weight is 297 g/mol. The summed E-state index contributed by atoms with van der Waals surface area (Å²) in [5, 5.41) is 3.27. The summed E-state index contributed by atoms with van der Waals surface area (Å²) in [6.45, 7) is 7.03. The molecule has 100 valence electrons. The Morgan fingerprint density at radius 1 is 1.41 bits per heavy atom. The number of nitrogens with zero attached hydrogens (tertiary/aromatic N) is 1. The maximum absolute atomic E-state index is 3.27. The van der Waals surface area contributed by atoms with E-state index < -0.39 is 0 Å². The number of thiophene rings is 1. The molecule has 2 rings (SSSR count). The smallest absolute Gasteiger partial charge is 0.0328 e. The van der Waals surface area contributed by atoms with Gasteiger partial charge in [-0.05, 0) is 51.5 Å². The fraction of sp³-hybridized carbons (Fsp3) is 0.667. The van der Waals surface area contributed by atoms with Crippen LogP contribution in [0.2, 0.25) is 0 Å². The zero-order valence-electron chi connectivity index (χ0n) is 10.4. The van der Waals surface area contributed by atoms with Crippen molar-refractivity contribution in [3.8, 4) is 0 Å². The largest absolute Gasteiger partial charge is 0.319 e. The summed E-state index contributed by atoms with van der Waals surface area (Å²) >= 11 is 1.93. The molecule has 1 aliphatic heterocycles. The van der Waals surface area contributed by atoms with Crippen molar-refractivity contribution in [3.05, 3.63) is 21.9 Å². The van der Waals surface area contributed by atoms with E-state index in [9.17, 15) is 0 Å². The maximum Gasteiger partial charge on any atom is 0.0328 e. The van der Waals surface area contributed by atoms with Crippen LogP contribution in [-0.4, -0.2) is 31.6 Å². The van der Waals surface area contributed by atoms with Crippen molar-refractivity contribution in [2.24, 2.45) is 5.92 Å². The van der Waals surface area contributed by atoms with Gasteiger partial charge in [0.05, 0.1) is 0 Å². The molecule has 2 nitrogen and oxygen atoms in total. The van der Waals surface area contributed by atoms with Crippen LogP contribution in [0.25, 0.3) is 0 Å². The molecule has 1 aliphatic rings. The first-order chi connectivity index (χ1) is 7.28. The second-order valence-electron chi connectivity index (χ2n) is 4.46. The molecule has 0 saturated carbocycles. The zero-order chi connectivity index (χ0) is 10.7. The molecule has 0 radical (unpaired) electrons. The van der Waals surface area contributed by atoms with Crippen LogP contribution in [0.5, 0.6) is 0 Å². The summed E-state index contributed by atoms with van der Waals surface area (Å²) in [4.78, 5) is 5.52. The lowest BCUT2D eigenvalue weighted by atomic mass is 10.1. The van der Waals surface area contributed by atoms with Crippen molar-refractivity contribution in [1.82, 2.24) is 10.2 Å². The van der Waals surface area contributed by atoms with Gasteiger partial charge >= 0.3 is 0 Å². The lowest BCUT2D eigenvalue weighted by Gasteiger charge is -2.14. The zero-order valence-corrected chi connectivity index (χ0v) is 12.9. The molecule has 5 heteroatoms. The van der Waals surface area contributed by atoms with Crippen molar-refractivity contribution in [2.45, 2.75) is 19.9 Å². The third-order valence-corrected chi connectivity index (χ3v) is 4.02. The minimum absolute atomic E-state index is 0. The van der Waals surface area contributed by atoms with Crippen LogP contribution in [0.15, 0.2) is 12.1 Å². The van der Waals surface area contributed by atoms with E-state index in [1.165, 1.54) is 35.8 Å². The number of nitrogens with one attached hydrogen (secondary N) is 1. The molecule has 1 N–H and O–H groups in total. The summed E-state index contributed by atoms with van der Waals surface area (Å²) in [7, 11) is 2.05. The summed E-state index contributed by atoms with van der Waals surface area (Å²) < 4.78 is 0. The number of hydrogen-bond donors (Lipinski definition) is 1. The fourth-order valence-corrected chi connectivity index (χ4v) is 3.24. The minimum Gasteiger partial charge on any atom is -0.319 e. The monoisotopic (exact) mass is 296 g/mol. The highest BCUT2D eigenvalue weighted by molar-refractivity contribution is 7.11. The van der Waals surface area contributed by atoms with Gasteiger partial charge < -0.3 is 5.32 Å². The van der Waals surface area contributed by atoms with Crippen LogP contribution in [-0.2, 0) is 6.54 Å². The first kappa shape index (κ1) is 17.2. The van der Waals surface area contributed by atoms with Crippen LogP contribution in [0.4, 0.5) is 0 Å². The molecular formula is C12H22Cl2N2S. The van der Waals surface area contributed by atoms with Crippen LogP contribution in [0, 0.1) is 12.8 Å². The van der Waals surface area contributed by atoms with E-state index >= 15 is 0 Å². The number of hydrogen-bond acceptors (Lipinski definition) is 3. The third kappa shape index (κ3) is 5.14. The molecular weight excluding hydrogens is 275 g/mol. The van der Waals surface area contributed by atoms with Gasteiger partial charge in [0.2, 0.25) is 0 Å². The van der Waals surface area contributed by atoms with Crippen molar-refractivity contribution in [1.29, 1.82) is 0 Å². The highest BCUT2D eigenvalue weighted by atomic mass is 35.5. The summed E-state index contributed by atoms with van der Waals surface area (Å²) in [5.41, 5.74) is 0.